The molecule has 7 heteroatoms. The molecule has 7 nitrogen and oxygen atoms in total. The van der Waals surface area contributed by atoms with E-state index in [1.165, 1.54) is 11.6 Å². The summed E-state index contributed by atoms with van der Waals surface area (Å²) >= 11 is 0. The second kappa shape index (κ2) is 9.96. The Labute approximate surface area is 165 Å². The van der Waals surface area contributed by atoms with Crippen molar-refractivity contribution in [2.24, 2.45) is 0 Å². The summed E-state index contributed by atoms with van der Waals surface area (Å²) in [6, 6.07) is 11.7. The summed E-state index contributed by atoms with van der Waals surface area (Å²) in [7, 11) is 1.64. The molecule has 0 unspecified atom stereocenters. The van der Waals surface area contributed by atoms with E-state index in [2.05, 4.69) is 39.0 Å². The molecule has 2 aromatic heterocycles. The van der Waals surface area contributed by atoms with Gasteiger partial charge in [0, 0.05) is 50.6 Å². The van der Waals surface area contributed by atoms with E-state index in [1.807, 2.05) is 29.1 Å². The van der Waals surface area contributed by atoms with Gasteiger partial charge in [-0.15, -0.1) is 0 Å². The SMILES string of the molecule is CCN(CCn1cccn1)Cc1ccc(-c2nc(CCOC)cc(=O)[nH]2)cc1. The maximum Gasteiger partial charge on any atom is 0.251 e. The Hall–Kier alpha value is -2.77. The third-order valence-corrected chi connectivity index (χ3v) is 4.64. The van der Waals surface area contributed by atoms with Crippen molar-refractivity contribution < 1.29 is 4.74 Å². The number of benzene rings is 1. The standard InChI is InChI=1S/C21H27N5O2/c1-3-25(12-13-26-11-4-10-22-26)16-17-5-7-18(8-6-17)21-23-19(9-14-28-2)15-20(27)24-21/h4-8,10-11,15H,3,9,12-14,16H2,1-2H3,(H,23,24,27). The van der Waals surface area contributed by atoms with Crippen molar-refractivity contribution in [2.45, 2.75) is 26.4 Å². The maximum atomic E-state index is 11.9. The van der Waals surface area contributed by atoms with E-state index in [0.717, 1.165) is 37.4 Å². The lowest BCUT2D eigenvalue weighted by Gasteiger charge is -2.20. The number of rotatable bonds is 10. The monoisotopic (exact) mass is 381 g/mol. The minimum Gasteiger partial charge on any atom is -0.384 e. The molecule has 0 spiro atoms. The van der Waals surface area contributed by atoms with E-state index in [1.54, 1.807) is 13.3 Å². The summed E-state index contributed by atoms with van der Waals surface area (Å²) in [5.41, 5.74) is 2.72. The minimum atomic E-state index is -0.143. The molecule has 0 aliphatic carbocycles. The second-order valence-corrected chi connectivity index (χ2v) is 6.66. The molecular formula is C21H27N5O2. The average Bonchev–Trinajstić information content (AvgIpc) is 3.23. The zero-order valence-corrected chi connectivity index (χ0v) is 16.5. The maximum absolute atomic E-state index is 11.9. The first-order valence-electron chi connectivity index (χ1n) is 9.56. The molecule has 0 saturated heterocycles. The Kier molecular flexibility index (Phi) is 7.11. The van der Waals surface area contributed by atoms with Crippen LogP contribution in [0.3, 0.4) is 0 Å². The largest absolute Gasteiger partial charge is 0.384 e. The summed E-state index contributed by atoms with van der Waals surface area (Å²) < 4.78 is 7.02. The summed E-state index contributed by atoms with van der Waals surface area (Å²) in [5, 5.41) is 4.25. The van der Waals surface area contributed by atoms with Crippen molar-refractivity contribution in [3.05, 3.63) is 70.4 Å². The molecule has 3 rings (SSSR count). The zero-order valence-electron chi connectivity index (χ0n) is 16.5. The molecule has 28 heavy (non-hydrogen) atoms. The number of aromatic amines is 1. The topological polar surface area (TPSA) is 76.0 Å². The van der Waals surface area contributed by atoms with E-state index in [0.29, 0.717) is 18.9 Å². The number of aromatic nitrogens is 4. The number of hydrogen-bond donors (Lipinski definition) is 1. The number of methoxy groups -OCH3 is 1. The highest BCUT2D eigenvalue weighted by Gasteiger charge is 2.07. The van der Waals surface area contributed by atoms with Gasteiger partial charge in [-0.3, -0.25) is 14.4 Å². The van der Waals surface area contributed by atoms with Gasteiger partial charge >= 0.3 is 0 Å². The fraction of sp³-hybridized carbons (Fsp3) is 0.381. The van der Waals surface area contributed by atoms with Crippen LogP contribution in [-0.2, 0) is 24.2 Å². The Morgan fingerprint density at radius 2 is 2.07 bits per heavy atom. The van der Waals surface area contributed by atoms with Crippen molar-refractivity contribution in [1.29, 1.82) is 0 Å². The van der Waals surface area contributed by atoms with E-state index in [-0.39, 0.29) is 5.56 Å². The van der Waals surface area contributed by atoms with Crippen molar-refractivity contribution >= 4 is 0 Å². The van der Waals surface area contributed by atoms with Crippen LogP contribution in [0.2, 0.25) is 0 Å². The van der Waals surface area contributed by atoms with Crippen LogP contribution in [-0.4, -0.2) is 51.5 Å². The van der Waals surface area contributed by atoms with Gasteiger partial charge in [0.2, 0.25) is 0 Å². The van der Waals surface area contributed by atoms with Gasteiger partial charge in [0.05, 0.1) is 18.8 Å². The third kappa shape index (κ3) is 5.61. The van der Waals surface area contributed by atoms with Crippen LogP contribution in [0.5, 0.6) is 0 Å². The first-order chi connectivity index (χ1) is 13.7. The molecule has 3 aromatic rings. The van der Waals surface area contributed by atoms with E-state index in [9.17, 15) is 4.79 Å². The van der Waals surface area contributed by atoms with Crippen LogP contribution in [0, 0.1) is 0 Å². The highest BCUT2D eigenvalue weighted by atomic mass is 16.5. The number of hydrogen-bond acceptors (Lipinski definition) is 5. The highest BCUT2D eigenvalue weighted by molar-refractivity contribution is 5.55. The van der Waals surface area contributed by atoms with Gasteiger partial charge < -0.3 is 9.72 Å². The lowest BCUT2D eigenvalue weighted by molar-refractivity contribution is 0.201. The third-order valence-electron chi connectivity index (χ3n) is 4.64. The number of likely N-dealkylation sites (N-methyl/N-ethyl adjacent to an activating group) is 1. The molecule has 0 bridgehead atoms. The first-order valence-corrected chi connectivity index (χ1v) is 9.56. The predicted molar refractivity (Wildman–Crippen MR) is 109 cm³/mol. The number of H-pyrrole nitrogens is 1. The first kappa shape index (κ1) is 20.0. The molecule has 0 radical (unpaired) electrons. The molecule has 0 fully saturated rings. The lowest BCUT2D eigenvalue weighted by atomic mass is 10.1. The van der Waals surface area contributed by atoms with Gasteiger partial charge in [-0.1, -0.05) is 31.2 Å². The van der Waals surface area contributed by atoms with E-state index >= 15 is 0 Å². The molecule has 1 aromatic carbocycles. The van der Waals surface area contributed by atoms with Gasteiger partial charge in [0.15, 0.2) is 0 Å². The van der Waals surface area contributed by atoms with Crippen molar-refractivity contribution in [3.8, 4) is 11.4 Å². The molecule has 0 saturated carbocycles. The summed E-state index contributed by atoms with van der Waals surface area (Å²) in [6.07, 6.45) is 4.40. The number of nitrogens with zero attached hydrogens (tertiary/aromatic N) is 4. The Balaban J connectivity index is 1.65. The molecule has 0 aliphatic heterocycles. The van der Waals surface area contributed by atoms with Crippen LogP contribution in [0.15, 0.2) is 53.6 Å². The molecule has 2 heterocycles. The van der Waals surface area contributed by atoms with Gasteiger partial charge in [0.25, 0.3) is 5.56 Å². The van der Waals surface area contributed by atoms with E-state index < -0.39 is 0 Å². The Morgan fingerprint density at radius 3 is 2.75 bits per heavy atom. The Bertz CT molecular complexity index is 903. The van der Waals surface area contributed by atoms with Crippen molar-refractivity contribution in [2.75, 3.05) is 26.8 Å². The molecule has 148 valence electrons. The smallest absolute Gasteiger partial charge is 0.251 e. The lowest BCUT2D eigenvalue weighted by Crippen LogP contribution is -2.27. The van der Waals surface area contributed by atoms with Crippen LogP contribution >= 0.6 is 0 Å². The fourth-order valence-electron chi connectivity index (χ4n) is 3.03. The second-order valence-electron chi connectivity index (χ2n) is 6.66. The molecule has 1 N–H and O–H groups in total. The average molecular weight is 381 g/mol. The van der Waals surface area contributed by atoms with Gasteiger partial charge in [0.1, 0.15) is 5.82 Å². The quantitative estimate of drug-likeness (QED) is 0.583. The molecular weight excluding hydrogens is 354 g/mol. The van der Waals surface area contributed by atoms with E-state index in [4.69, 9.17) is 4.74 Å². The fourth-order valence-corrected chi connectivity index (χ4v) is 3.03. The van der Waals surface area contributed by atoms with Crippen LogP contribution in [0.4, 0.5) is 0 Å². The van der Waals surface area contributed by atoms with Gasteiger partial charge in [-0.05, 0) is 18.2 Å². The van der Waals surface area contributed by atoms with Gasteiger partial charge in [-0.2, -0.15) is 5.10 Å². The Morgan fingerprint density at radius 1 is 1.25 bits per heavy atom. The summed E-state index contributed by atoms with van der Waals surface area (Å²) in [5.74, 6) is 0.594. The van der Waals surface area contributed by atoms with Crippen molar-refractivity contribution in [3.63, 3.8) is 0 Å². The predicted octanol–water partition coefficient (Wildman–Crippen LogP) is 2.34. The van der Waals surface area contributed by atoms with Crippen molar-refractivity contribution in [1.82, 2.24) is 24.6 Å². The normalized spacial score (nSPS) is 11.2. The summed E-state index contributed by atoms with van der Waals surface area (Å²) in [4.78, 5) is 21.7. The van der Waals surface area contributed by atoms with Crippen LogP contribution in [0.25, 0.3) is 11.4 Å². The molecule has 0 atom stereocenters. The number of ether oxygens (including phenoxy) is 1. The summed E-state index contributed by atoms with van der Waals surface area (Å²) in [6.45, 7) is 6.36. The molecule has 0 amide bonds. The van der Waals surface area contributed by atoms with Crippen LogP contribution < -0.4 is 5.56 Å². The highest BCUT2D eigenvalue weighted by Crippen LogP contribution is 2.16. The van der Waals surface area contributed by atoms with Gasteiger partial charge in [-0.25, -0.2) is 4.98 Å². The molecule has 0 aliphatic rings. The minimum absolute atomic E-state index is 0.143. The zero-order chi connectivity index (χ0) is 19.8. The number of nitrogens with one attached hydrogen (secondary N) is 1. The van der Waals surface area contributed by atoms with Crippen LogP contribution in [0.1, 0.15) is 18.2 Å².